The lowest BCUT2D eigenvalue weighted by Crippen LogP contribution is -2.52. The number of thiazole rings is 1. The molecule has 1 aromatic carbocycles. The number of hydrogen-bond acceptors (Lipinski definition) is 5. The number of carbonyl (C=O) groups is 1. The van der Waals surface area contributed by atoms with E-state index in [-0.39, 0.29) is 5.91 Å². The van der Waals surface area contributed by atoms with E-state index in [1.807, 2.05) is 37.4 Å². The Morgan fingerprint density at radius 1 is 1.33 bits per heavy atom. The van der Waals surface area contributed by atoms with E-state index in [9.17, 15) is 4.79 Å². The summed E-state index contributed by atoms with van der Waals surface area (Å²) in [4.78, 5) is 17.7. The molecule has 0 unspecified atom stereocenters. The zero-order valence-corrected chi connectivity index (χ0v) is 14.3. The number of aromatic nitrogens is 3. The fourth-order valence-electron chi connectivity index (χ4n) is 3.28. The van der Waals surface area contributed by atoms with Crippen LogP contribution >= 0.6 is 11.3 Å². The summed E-state index contributed by atoms with van der Waals surface area (Å²) < 4.78 is 2.88. The molecule has 24 heavy (non-hydrogen) atoms. The molecular formula is C17H19N5OS. The van der Waals surface area contributed by atoms with Gasteiger partial charge < -0.3 is 5.32 Å². The van der Waals surface area contributed by atoms with E-state index in [0.29, 0.717) is 18.0 Å². The van der Waals surface area contributed by atoms with Gasteiger partial charge in [-0.1, -0.05) is 23.5 Å². The Balaban J connectivity index is 1.66. The molecule has 3 heterocycles. The molecule has 0 atom stereocenters. The maximum Gasteiger partial charge on any atom is 0.254 e. The average molecular weight is 341 g/mol. The molecule has 1 aliphatic heterocycles. The molecule has 6 nitrogen and oxygen atoms in total. The van der Waals surface area contributed by atoms with Gasteiger partial charge in [-0.25, -0.2) is 4.98 Å². The Labute approximate surface area is 143 Å². The van der Waals surface area contributed by atoms with E-state index in [4.69, 9.17) is 0 Å². The first-order chi connectivity index (χ1) is 11.7. The second-order valence-electron chi connectivity index (χ2n) is 6.13. The number of hydrogen-bond donors (Lipinski definition) is 2. The van der Waals surface area contributed by atoms with Crippen LogP contribution in [0.3, 0.4) is 0 Å². The summed E-state index contributed by atoms with van der Waals surface area (Å²) in [6.07, 6.45) is 5.01. The van der Waals surface area contributed by atoms with Crippen LogP contribution in [-0.4, -0.2) is 33.8 Å². The van der Waals surface area contributed by atoms with E-state index in [0.717, 1.165) is 28.9 Å². The quantitative estimate of drug-likeness (QED) is 0.768. The second-order valence-corrected chi connectivity index (χ2v) is 7.16. The van der Waals surface area contributed by atoms with Crippen LogP contribution in [0, 0.1) is 6.92 Å². The topological polar surface area (TPSA) is 71.8 Å². The van der Waals surface area contributed by atoms with Gasteiger partial charge in [0.25, 0.3) is 5.91 Å². The lowest BCUT2D eigenvalue weighted by Gasteiger charge is -2.36. The minimum atomic E-state index is -0.651. The number of piperidine rings is 1. The van der Waals surface area contributed by atoms with Gasteiger partial charge >= 0.3 is 0 Å². The van der Waals surface area contributed by atoms with E-state index in [1.165, 1.54) is 11.3 Å². The number of aryl methyl sites for hydroxylation is 1. The molecule has 0 saturated carbocycles. The molecule has 0 radical (unpaired) electrons. The molecular weight excluding hydrogens is 322 g/mol. The van der Waals surface area contributed by atoms with Crippen LogP contribution in [0.1, 0.15) is 18.4 Å². The highest BCUT2D eigenvalue weighted by molar-refractivity contribution is 7.22. The van der Waals surface area contributed by atoms with Crippen molar-refractivity contribution in [1.82, 2.24) is 20.1 Å². The Hall–Kier alpha value is -2.25. The molecule has 0 bridgehead atoms. The van der Waals surface area contributed by atoms with Gasteiger partial charge in [-0.15, -0.1) is 0 Å². The number of nitrogens with one attached hydrogen (secondary N) is 2. The summed E-state index contributed by atoms with van der Waals surface area (Å²) in [5, 5.41) is 11.3. The number of amides is 1. The number of rotatable bonds is 3. The van der Waals surface area contributed by atoms with Gasteiger partial charge in [0.05, 0.1) is 10.2 Å². The summed E-state index contributed by atoms with van der Waals surface area (Å²) in [7, 11) is 0. The molecule has 0 spiro atoms. The van der Waals surface area contributed by atoms with E-state index < -0.39 is 5.54 Å². The highest BCUT2D eigenvalue weighted by atomic mass is 32.1. The number of benzene rings is 1. The van der Waals surface area contributed by atoms with E-state index in [2.05, 4.69) is 20.7 Å². The predicted octanol–water partition coefficient (Wildman–Crippen LogP) is 2.52. The number of para-hydroxylation sites is 1. The first-order valence-corrected chi connectivity index (χ1v) is 8.89. The van der Waals surface area contributed by atoms with Crippen LogP contribution in [0.25, 0.3) is 10.2 Å². The number of nitrogens with zero attached hydrogens (tertiary/aromatic N) is 3. The smallest absolute Gasteiger partial charge is 0.254 e. The Morgan fingerprint density at radius 3 is 2.88 bits per heavy atom. The third kappa shape index (κ3) is 2.50. The van der Waals surface area contributed by atoms with Crippen molar-refractivity contribution < 1.29 is 4.79 Å². The molecule has 124 valence electrons. The summed E-state index contributed by atoms with van der Waals surface area (Å²) >= 11 is 1.51. The van der Waals surface area contributed by atoms with Crippen molar-refractivity contribution in [3.8, 4) is 0 Å². The SMILES string of the molecule is Cc1cccc2sc(NC(=O)C3(n4cccn4)CCNCC3)nc12. The van der Waals surface area contributed by atoms with Crippen molar-refractivity contribution in [1.29, 1.82) is 0 Å². The number of anilines is 1. The Bertz CT molecular complexity index is 864. The van der Waals surface area contributed by atoms with Crippen molar-refractivity contribution in [2.24, 2.45) is 0 Å². The number of carbonyl (C=O) groups excluding carboxylic acids is 1. The molecule has 7 heteroatoms. The van der Waals surface area contributed by atoms with Crippen LogP contribution in [0.4, 0.5) is 5.13 Å². The van der Waals surface area contributed by atoms with Crippen molar-refractivity contribution in [3.63, 3.8) is 0 Å². The predicted molar refractivity (Wildman–Crippen MR) is 95.3 cm³/mol. The van der Waals surface area contributed by atoms with Crippen molar-refractivity contribution in [3.05, 3.63) is 42.2 Å². The van der Waals surface area contributed by atoms with Crippen LogP contribution in [0.15, 0.2) is 36.7 Å². The summed E-state index contributed by atoms with van der Waals surface area (Å²) in [6.45, 7) is 3.63. The van der Waals surface area contributed by atoms with Crippen molar-refractivity contribution in [2.45, 2.75) is 25.3 Å². The fraction of sp³-hybridized carbons (Fsp3) is 0.353. The fourth-order valence-corrected chi connectivity index (χ4v) is 4.21. The zero-order valence-electron chi connectivity index (χ0n) is 13.5. The van der Waals surface area contributed by atoms with Crippen LogP contribution in [0.5, 0.6) is 0 Å². The van der Waals surface area contributed by atoms with E-state index >= 15 is 0 Å². The van der Waals surface area contributed by atoms with Crippen LogP contribution in [0.2, 0.25) is 0 Å². The Morgan fingerprint density at radius 2 is 2.17 bits per heavy atom. The molecule has 1 aliphatic rings. The minimum Gasteiger partial charge on any atom is -0.317 e. The minimum absolute atomic E-state index is 0.0376. The van der Waals surface area contributed by atoms with Gasteiger partial charge in [0.15, 0.2) is 5.13 Å². The molecule has 0 aliphatic carbocycles. The van der Waals surface area contributed by atoms with Crippen molar-refractivity contribution >= 4 is 32.6 Å². The van der Waals surface area contributed by atoms with Gasteiger partial charge in [-0.05, 0) is 50.6 Å². The lowest BCUT2D eigenvalue weighted by atomic mass is 9.87. The summed E-state index contributed by atoms with van der Waals surface area (Å²) in [5.41, 5.74) is 1.42. The first kappa shape index (κ1) is 15.3. The van der Waals surface area contributed by atoms with E-state index in [1.54, 1.807) is 10.9 Å². The average Bonchev–Trinajstić information content (AvgIpc) is 3.25. The molecule has 4 rings (SSSR count). The lowest BCUT2D eigenvalue weighted by molar-refractivity contribution is -0.126. The third-order valence-corrected chi connectivity index (χ3v) is 5.57. The highest BCUT2D eigenvalue weighted by Crippen LogP contribution is 2.32. The molecule has 2 N–H and O–H groups in total. The monoisotopic (exact) mass is 341 g/mol. The van der Waals surface area contributed by atoms with Gasteiger partial charge in [-0.2, -0.15) is 5.10 Å². The molecule has 1 fully saturated rings. The highest BCUT2D eigenvalue weighted by Gasteiger charge is 2.42. The van der Waals surface area contributed by atoms with Gasteiger partial charge in [0, 0.05) is 12.4 Å². The van der Waals surface area contributed by atoms with Gasteiger partial charge in [-0.3, -0.25) is 14.8 Å². The van der Waals surface area contributed by atoms with Crippen LogP contribution < -0.4 is 10.6 Å². The zero-order chi connectivity index (χ0) is 16.6. The summed E-state index contributed by atoms with van der Waals surface area (Å²) in [5.74, 6) is -0.0376. The molecule has 3 aromatic rings. The Kier molecular flexibility index (Phi) is 3.82. The maximum atomic E-state index is 13.1. The van der Waals surface area contributed by atoms with Crippen molar-refractivity contribution in [2.75, 3.05) is 18.4 Å². The van der Waals surface area contributed by atoms with Gasteiger partial charge in [0.2, 0.25) is 0 Å². The number of fused-ring (bicyclic) bond motifs is 1. The third-order valence-electron chi connectivity index (χ3n) is 4.64. The molecule has 1 amide bonds. The van der Waals surface area contributed by atoms with Gasteiger partial charge in [0.1, 0.15) is 5.54 Å². The molecule has 1 saturated heterocycles. The maximum absolute atomic E-state index is 13.1. The summed E-state index contributed by atoms with van der Waals surface area (Å²) in [6, 6.07) is 7.94. The standard InChI is InChI=1S/C17H19N5OS/c1-12-4-2-5-13-14(12)20-16(24-13)21-15(23)17(6-9-18-10-7-17)22-11-3-8-19-22/h2-5,8,11,18H,6-7,9-10H2,1H3,(H,20,21,23). The molecule has 2 aromatic heterocycles. The second kappa shape index (κ2) is 5.99. The largest absolute Gasteiger partial charge is 0.317 e. The van der Waals surface area contributed by atoms with Crippen LogP contribution in [-0.2, 0) is 10.3 Å². The first-order valence-electron chi connectivity index (χ1n) is 8.07. The normalized spacial score (nSPS) is 17.0.